The zero-order valence-electron chi connectivity index (χ0n) is 9.95. The highest BCUT2D eigenvalue weighted by atomic mass is 16.1. The van der Waals surface area contributed by atoms with Crippen LogP contribution < -0.4 is 5.32 Å². The number of nitrogens with zero attached hydrogens (tertiary/aromatic N) is 3. The lowest BCUT2D eigenvalue weighted by Gasteiger charge is -2.00. The van der Waals surface area contributed by atoms with Crippen LogP contribution in [0.5, 0.6) is 0 Å². The maximum Gasteiger partial charge on any atom is 0.260 e. The summed E-state index contributed by atoms with van der Waals surface area (Å²) < 4.78 is 1.65. The van der Waals surface area contributed by atoms with Crippen molar-refractivity contribution >= 4 is 11.7 Å². The smallest absolute Gasteiger partial charge is 0.260 e. The highest BCUT2D eigenvalue weighted by Gasteiger charge is 2.10. The van der Waals surface area contributed by atoms with Gasteiger partial charge in [0.1, 0.15) is 5.82 Å². The van der Waals surface area contributed by atoms with Gasteiger partial charge in [-0.2, -0.15) is 10.2 Å². The van der Waals surface area contributed by atoms with Gasteiger partial charge in [-0.15, -0.1) is 0 Å². The van der Waals surface area contributed by atoms with Gasteiger partial charge < -0.3 is 5.32 Å². The third kappa shape index (κ3) is 2.37. The first-order chi connectivity index (χ1) is 9.33. The normalized spacial score (nSPS) is 10.3. The Bertz CT molecular complexity index is 672. The van der Waals surface area contributed by atoms with Crippen LogP contribution in [0.25, 0.3) is 5.69 Å². The van der Waals surface area contributed by atoms with Crippen molar-refractivity contribution in [1.82, 2.24) is 20.0 Å². The van der Waals surface area contributed by atoms with Gasteiger partial charge in [-0.05, 0) is 12.1 Å². The van der Waals surface area contributed by atoms with Crippen molar-refractivity contribution < 1.29 is 4.79 Å². The number of carbonyl (C=O) groups is 1. The summed E-state index contributed by atoms with van der Waals surface area (Å²) in [6.45, 7) is 0. The minimum atomic E-state index is -0.230. The van der Waals surface area contributed by atoms with Crippen molar-refractivity contribution in [3.05, 3.63) is 60.6 Å². The zero-order valence-corrected chi connectivity index (χ0v) is 9.95. The molecular weight excluding hydrogens is 242 g/mol. The Labute approximate surface area is 109 Å². The number of carbonyl (C=O) groups excluding carboxylic acids is 1. The number of nitrogens with one attached hydrogen (secondary N) is 2. The van der Waals surface area contributed by atoms with E-state index in [4.69, 9.17) is 0 Å². The van der Waals surface area contributed by atoms with Crippen molar-refractivity contribution in [2.75, 3.05) is 5.32 Å². The fourth-order valence-electron chi connectivity index (χ4n) is 1.68. The number of benzene rings is 1. The monoisotopic (exact) mass is 253 g/mol. The molecule has 1 aromatic carbocycles. The SMILES string of the molecule is O=C(Nc1ccn[nH]1)c1cnn(-c2ccccc2)c1. The summed E-state index contributed by atoms with van der Waals surface area (Å²) >= 11 is 0. The van der Waals surface area contributed by atoms with E-state index in [1.165, 1.54) is 6.20 Å². The fraction of sp³-hybridized carbons (Fsp3) is 0. The van der Waals surface area contributed by atoms with Crippen LogP contribution in [0.4, 0.5) is 5.82 Å². The van der Waals surface area contributed by atoms with E-state index in [1.54, 1.807) is 23.1 Å². The minimum absolute atomic E-state index is 0.230. The van der Waals surface area contributed by atoms with E-state index in [9.17, 15) is 4.79 Å². The summed E-state index contributed by atoms with van der Waals surface area (Å²) in [4.78, 5) is 11.9. The molecule has 2 heterocycles. The van der Waals surface area contributed by atoms with E-state index < -0.39 is 0 Å². The molecule has 0 saturated heterocycles. The summed E-state index contributed by atoms with van der Waals surface area (Å²) in [7, 11) is 0. The number of para-hydroxylation sites is 1. The molecule has 0 radical (unpaired) electrons. The van der Waals surface area contributed by atoms with Gasteiger partial charge in [-0.3, -0.25) is 9.89 Å². The summed E-state index contributed by atoms with van der Waals surface area (Å²) in [6, 6.07) is 11.3. The van der Waals surface area contributed by atoms with Crippen LogP contribution in [-0.2, 0) is 0 Å². The van der Waals surface area contributed by atoms with Gasteiger partial charge in [0.25, 0.3) is 5.91 Å². The molecule has 2 aromatic heterocycles. The van der Waals surface area contributed by atoms with Crippen LogP contribution >= 0.6 is 0 Å². The Morgan fingerprint density at radius 3 is 2.79 bits per heavy atom. The molecule has 3 aromatic rings. The number of rotatable bonds is 3. The first-order valence-corrected chi connectivity index (χ1v) is 5.74. The van der Waals surface area contributed by atoms with E-state index >= 15 is 0 Å². The molecule has 2 N–H and O–H groups in total. The first kappa shape index (κ1) is 11.2. The van der Waals surface area contributed by atoms with Gasteiger partial charge in [-0.1, -0.05) is 18.2 Å². The van der Waals surface area contributed by atoms with Crippen molar-refractivity contribution in [2.24, 2.45) is 0 Å². The highest BCUT2D eigenvalue weighted by molar-refractivity contribution is 6.03. The molecule has 19 heavy (non-hydrogen) atoms. The molecule has 94 valence electrons. The Balaban J connectivity index is 1.80. The predicted molar refractivity (Wildman–Crippen MR) is 70.1 cm³/mol. The number of H-pyrrole nitrogens is 1. The molecule has 6 nitrogen and oxygen atoms in total. The summed E-state index contributed by atoms with van der Waals surface area (Å²) in [5.74, 6) is 0.323. The largest absolute Gasteiger partial charge is 0.307 e. The number of hydrogen-bond donors (Lipinski definition) is 2. The van der Waals surface area contributed by atoms with Gasteiger partial charge in [0.15, 0.2) is 0 Å². The van der Waals surface area contributed by atoms with Gasteiger partial charge in [0, 0.05) is 12.3 Å². The second-order valence-corrected chi connectivity index (χ2v) is 3.93. The Morgan fingerprint density at radius 2 is 2.05 bits per heavy atom. The molecule has 3 rings (SSSR count). The van der Waals surface area contributed by atoms with E-state index in [2.05, 4.69) is 20.6 Å². The lowest BCUT2D eigenvalue weighted by molar-refractivity contribution is 0.102. The van der Waals surface area contributed by atoms with E-state index in [0.29, 0.717) is 11.4 Å². The van der Waals surface area contributed by atoms with Gasteiger partial charge in [0.05, 0.1) is 23.6 Å². The Morgan fingerprint density at radius 1 is 1.21 bits per heavy atom. The van der Waals surface area contributed by atoms with Crippen molar-refractivity contribution in [2.45, 2.75) is 0 Å². The van der Waals surface area contributed by atoms with E-state index in [-0.39, 0.29) is 5.91 Å². The van der Waals surface area contributed by atoms with Gasteiger partial charge in [0.2, 0.25) is 0 Å². The average Bonchev–Trinajstić information content (AvgIpc) is 3.10. The van der Waals surface area contributed by atoms with Crippen LogP contribution in [0.3, 0.4) is 0 Å². The summed E-state index contributed by atoms with van der Waals surface area (Å²) in [6.07, 6.45) is 4.78. The third-order valence-electron chi connectivity index (χ3n) is 2.61. The molecule has 0 aliphatic carbocycles. The predicted octanol–water partition coefficient (Wildman–Crippen LogP) is 1.85. The molecule has 0 aliphatic rings. The maximum absolute atomic E-state index is 11.9. The van der Waals surface area contributed by atoms with Crippen LogP contribution in [0.2, 0.25) is 0 Å². The second kappa shape index (κ2) is 4.77. The molecule has 0 aliphatic heterocycles. The molecule has 6 heteroatoms. The quantitative estimate of drug-likeness (QED) is 0.748. The lowest BCUT2D eigenvalue weighted by atomic mass is 10.3. The van der Waals surface area contributed by atoms with Crippen LogP contribution in [-0.4, -0.2) is 25.9 Å². The topological polar surface area (TPSA) is 75.6 Å². The second-order valence-electron chi connectivity index (χ2n) is 3.93. The number of anilines is 1. The molecule has 0 atom stereocenters. The van der Waals surface area contributed by atoms with Crippen molar-refractivity contribution in [3.63, 3.8) is 0 Å². The van der Waals surface area contributed by atoms with Crippen LogP contribution in [0.1, 0.15) is 10.4 Å². The van der Waals surface area contributed by atoms with Gasteiger partial charge >= 0.3 is 0 Å². The Kier molecular flexibility index (Phi) is 2.82. The van der Waals surface area contributed by atoms with Crippen molar-refractivity contribution in [3.8, 4) is 5.69 Å². The number of aromatic nitrogens is 4. The summed E-state index contributed by atoms with van der Waals surface area (Å²) in [5, 5.41) is 13.3. The maximum atomic E-state index is 11.9. The highest BCUT2D eigenvalue weighted by Crippen LogP contribution is 2.09. The van der Waals surface area contributed by atoms with Crippen LogP contribution in [0, 0.1) is 0 Å². The first-order valence-electron chi connectivity index (χ1n) is 5.74. The van der Waals surface area contributed by atoms with Crippen molar-refractivity contribution in [1.29, 1.82) is 0 Å². The molecular formula is C13H11N5O. The zero-order chi connectivity index (χ0) is 13.1. The summed E-state index contributed by atoms with van der Waals surface area (Å²) in [5.41, 5.74) is 1.39. The number of hydrogen-bond acceptors (Lipinski definition) is 3. The number of aromatic amines is 1. The molecule has 1 amide bonds. The molecule has 0 unspecified atom stereocenters. The lowest BCUT2D eigenvalue weighted by Crippen LogP contribution is -2.11. The standard InChI is InChI=1S/C13H11N5O/c19-13(16-12-6-7-14-17-12)10-8-15-18(9-10)11-4-2-1-3-5-11/h1-9H,(H2,14,16,17,19). The minimum Gasteiger partial charge on any atom is -0.307 e. The van der Waals surface area contributed by atoms with Crippen LogP contribution in [0.15, 0.2) is 55.0 Å². The van der Waals surface area contributed by atoms with Gasteiger partial charge in [-0.25, -0.2) is 4.68 Å². The third-order valence-corrected chi connectivity index (χ3v) is 2.61. The molecule has 0 fully saturated rings. The van der Waals surface area contributed by atoms with E-state index in [1.807, 2.05) is 30.3 Å². The Hall–Kier alpha value is -2.89. The molecule has 0 bridgehead atoms. The average molecular weight is 253 g/mol. The molecule has 0 spiro atoms. The fourth-order valence-corrected chi connectivity index (χ4v) is 1.68. The molecule has 0 saturated carbocycles. The number of amides is 1. The van der Waals surface area contributed by atoms with E-state index in [0.717, 1.165) is 5.69 Å².